The van der Waals surface area contributed by atoms with Gasteiger partial charge >= 0.3 is 5.97 Å². The van der Waals surface area contributed by atoms with Crippen LogP contribution in [0.1, 0.15) is 5.56 Å². The van der Waals surface area contributed by atoms with Crippen LogP contribution in [0.15, 0.2) is 48.9 Å². The smallest absolute Gasteiger partial charge is 0.326 e. The number of benzene rings is 1. The Morgan fingerprint density at radius 2 is 2.06 bits per heavy atom. The molecule has 2 unspecified atom stereocenters. The van der Waals surface area contributed by atoms with Crippen molar-refractivity contribution in [3.63, 3.8) is 0 Å². The second kappa shape index (κ2) is 9.11. The van der Waals surface area contributed by atoms with Crippen LogP contribution >= 0.6 is 23.2 Å². The minimum absolute atomic E-state index is 0.0709. The van der Waals surface area contributed by atoms with E-state index in [1.807, 2.05) is 0 Å². The molecule has 0 aliphatic carbocycles. The molecule has 1 aliphatic rings. The van der Waals surface area contributed by atoms with E-state index in [0.717, 1.165) is 0 Å². The number of aliphatic carboxylic acids is 1. The Bertz CT molecular complexity index is 1140. The lowest BCUT2D eigenvalue weighted by atomic mass is 10.0. The molecule has 12 heteroatoms. The van der Waals surface area contributed by atoms with E-state index in [9.17, 15) is 19.8 Å². The average Bonchev–Trinajstić information content (AvgIpc) is 3.20. The van der Waals surface area contributed by atoms with Crippen LogP contribution in [0.3, 0.4) is 0 Å². The quantitative estimate of drug-likeness (QED) is 0.549. The molecule has 2 atom stereocenters. The molecule has 0 saturated carbocycles. The van der Waals surface area contributed by atoms with Gasteiger partial charge in [-0.05, 0) is 29.8 Å². The summed E-state index contributed by atoms with van der Waals surface area (Å²) in [6, 6.07) is 7.17. The number of piperazine rings is 1. The highest BCUT2D eigenvalue weighted by Gasteiger charge is 2.38. The first kappa shape index (κ1) is 22.0. The van der Waals surface area contributed by atoms with Gasteiger partial charge in [0, 0.05) is 23.8 Å². The van der Waals surface area contributed by atoms with E-state index in [1.165, 1.54) is 20.7 Å². The Morgan fingerprint density at radius 3 is 2.72 bits per heavy atom. The zero-order valence-electron chi connectivity index (χ0n) is 16.5. The van der Waals surface area contributed by atoms with E-state index in [1.54, 1.807) is 42.7 Å². The van der Waals surface area contributed by atoms with Crippen LogP contribution in [-0.2, 0) is 16.0 Å². The van der Waals surface area contributed by atoms with Crippen LogP contribution < -0.4 is 4.90 Å². The molecule has 4 rings (SSSR count). The van der Waals surface area contributed by atoms with E-state index in [4.69, 9.17) is 23.2 Å². The molecular formula is C20H18Cl2N6O4. The van der Waals surface area contributed by atoms with E-state index < -0.39 is 24.1 Å². The van der Waals surface area contributed by atoms with E-state index in [-0.39, 0.29) is 24.7 Å². The van der Waals surface area contributed by atoms with Gasteiger partial charge in [-0.3, -0.25) is 9.78 Å². The summed E-state index contributed by atoms with van der Waals surface area (Å²) in [5.74, 6) is -1.61. The fourth-order valence-electron chi connectivity index (χ4n) is 3.62. The van der Waals surface area contributed by atoms with Gasteiger partial charge < -0.3 is 20.0 Å². The topological polar surface area (TPSA) is 125 Å². The first-order valence-electron chi connectivity index (χ1n) is 9.57. The third-order valence-corrected chi connectivity index (χ3v) is 5.53. The van der Waals surface area contributed by atoms with Crippen molar-refractivity contribution in [1.82, 2.24) is 24.9 Å². The first-order valence-corrected chi connectivity index (χ1v) is 10.3. The van der Waals surface area contributed by atoms with E-state index in [0.29, 0.717) is 22.0 Å². The van der Waals surface area contributed by atoms with Gasteiger partial charge in [0.1, 0.15) is 12.3 Å². The number of aromatic nitrogens is 4. The summed E-state index contributed by atoms with van der Waals surface area (Å²) in [5.41, 5.74) is 1.60. The minimum atomic E-state index is -1.18. The van der Waals surface area contributed by atoms with Crippen LogP contribution in [0.4, 0.5) is 5.69 Å². The van der Waals surface area contributed by atoms with Gasteiger partial charge in [0.25, 0.3) is 0 Å². The van der Waals surface area contributed by atoms with Gasteiger partial charge in [-0.25, -0.2) is 9.48 Å². The minimum Gasteiger partial charge on any atom is -0.480 e. The standard InChI is InChI=1S/C20H18Cl2N6O4/c21-13-3-4-14(28-9-17(22)24-25-28)15(7-13)26-10-19(30)27(11-18(26)29)16(20(31)32)6-12-2-1-5-23-8-12/h1-5,7-9,16,18,29H,6,10-11H2,(H,31,32). The Labute approximate surface area is 192 Å². The summed E-state index contributed by atoms with van der Waals surface area (Å²) in [4.78, 5) is 31.5. The maximum Gasteiger partial charge on any atom is 0.326 e. The number of halogens is 2. The number of carbonyl (C=O) groups is 2. The maximum atomic E-state index is 13.0. The number of carbonyl (C=O) groups excluding carboxylic acids is 1. The molecule has 3 aromatic rings. The molecule has 1 fully saturated rings. The number of hydrogen-bond acceptors (Lipinski definition) is 7. The lowest BCUT2D eigenvalue weighted by molar-refractivity contribution is -0.152. The van der Waals surface area contributed by atoms with Crippen LogP contribution in [0.5, 0.6) is 0 Å². The number of aliphatic hydroxyl groups excluding tert-OH is 1. The first-order chi connectivity index (χ1) is 15.3. The zero-order chi connectivity index (χ0) is 22.8. The monoisotopic (exact) mass is 476 g/mol. The second-order valence-electron chi connectivity index (χ2n) is 7.19. The summed E-state index contributed by atoms with van der Waals surface area (Å²) in [6.07, 6.45) is 3.50. The Balaban J connectivity index is 1.61. The van der Waals surface area contributed by atoms with Gasteiger partial charge in [-0.15, -0.1) is 5.10 Å². The average molecular weight is 477 g/mol. The molecule has 1 aliphatic heterocycles. The van der Waals surface area contributed by atoms with Gasteiger partial charge in [-0.1, -0.05) is 34.5 Å². The van der Waals surface area contributed by atoms with Crippen molar-refractivity contribution in [2.24, 2.45) is 0 Å². The van der Waals surface area contributed by atoms with Crippen LogP contribution in [0.25, 0.3) is 5.69 Å². The molecule has 2 N–H and O–H groups in total. The molecule has 1 aromatic carbocycles. The van der Waals surface area contributed by atoms with Crippen LogP contribution in [0, 0.1) is 0 Å². The summed E-state index contributed by atoms with van der Waals surface area (Å²) < 4.78 is 1.40. The van der Waals surface area contributed by atoms with Gasteiger partial charge in [0.05, 0.1) is 30.7 Å². The number of carboxylic acids is 1. The van der Waals surface area contributed by atoms with Gasteiger partial charge in [0.2, 0.25) is 5.91 Å². The van der Waals surface area contributed by atoms with E-state index >= 15 is 0 Å². The Hall–Kier alpha value is -3.21. The lowest BCUT2D eigenvalue weighted by Crippen LogP contribution is -2.61. The number of rotatable bonds is 6. The number of pyridine rings is 1. The number of carboxylic acid groups (broad SMARTS) is 1. The summed E-state index contributed by atoms with van der Waals surface area (Å²) in [5, 5.41) is 28.9. The van der Waals surface area contributed by atoms with Gasteiger partial charge in [-0.2, -0.15) is 0 Å². The number of aliphatic hydroxyl groups is 1. The highest BCUT2D eigenvalue weighted by molar-refractivity contribution is 6.31. The van der Waals surface area contributed by atoms with E-state index in [2.05, 4.69) is 15.3 Å². The van der Waals surface area contributed by atoms with Crippen molar-refractivity contribution >= 4 is 40.8 Å². The summed E-state index contributed by atoms with van der Waals surface area (Å²) >= 11 is 12.0. The highest BCUT2D eigenvalue weighted by Crippen LogP contribution is 2.31. The zero-order valence-corrected chi connectivity index (χ0v) is 18.1. The Morgan fingerprint density at radius 1 is 1.25 bits per heavy atom. The van der Waals surface area contributed by atoms with Crippen molar-refractivity contribution in [2.45, 2.75) is 18.7 Å². The molecule has 0 radical (unpaired) electrons. The predicted molar refractivity (Wildman–Crippen MR) is 116 cm³/mol. The molecule has 0 spiro atoms. The van der Waals surface area contributed by atoms with Crippen LogP contribution in [0.2, 0.25) is 10.2 Å². The predicted octanol–water partition coefficient (Wildman–Crippen LogP) is 1.63. The molecule has 1 saturated heterocycles. The SMILES string of the molecule is O=C(O)C(Cc1cccnc1)N1CC(O)N(c2cc(Cl)ccc2-n2cc(Cl)nn2)CC1=O. The van der Waals surface area contributed by atoms with Crippen molar-refractivity contribution < 1.29 is 19.8 Å². The van der Waals surface area contributed by atoms with Crippen molar-refractivity contribution in [3.05, 3.63) is 64.7 Å². The molecule has 2 aromatic heterocycles. The third kappa shape index (κ3) is 4.52. The van der Waals surface area contributed by atoms with Crippen molar-refractivity contribution in [3.8, 4) is 5.69 Å². The second-order valence-corrected chi connectivity index (χ2v) is 8.02. The number of hydrogen-bond donors (Lipinski definition) is 2. The third-order valence-electron chi connectivity index (χ3n) is 5.12. The number of β-amino-alcohol motifs (C(OH)–C–C–N with tert-alkyl or cyclic N) is 1. The molecule has 32 heavy (non-hydrogen) atoms. The molecule has 1 amide bonds. The Kier molecular flexibility index (Phi) is 6.26. The number of nitrogens with zero attached hydrogens (tertiary/aromatic N) is 6. The molecular weight excluding hydrogens is 459 g/mol. The molecule has 3 heterocycles. The molecule has 166 valence electrons. The normalized spacial score (nSPS) is 17.5. The molecule has 10 nitrogen and oxygen atoms in total. The lowest BCUT2D eigenvalue weighted by Gasteiger charge is -2.42. The summed E-state index contributed by atoms with van der Waals surface area (Å²) in [7, 11) is 0. The van der Waals surface area contributed by atoms with Crippen molar-refractivity contribution in [2.75, 3.05) is 18.0 Å². The fourth-order valence-corrected chi connectivity index (χ4v) is 3.91. The number of anilines is 1. The largest absolute Gasteiger partial charge is 0.480 e. The number of amides is 1. The van der Waals surface area contributed by atoms with Gasteiger partial charge in [0.15, 0.2) is 5.15 Å². The summed E-state index contributed by atoms with van der Waals surface area (Å²) in [6.45, 7) is -0.464. The van der Waals surface area contributed by atoms with Crippen molar-refractivity contribution in [1.29, 1.82) is 0 Å². The highest BCUT2D eigenvalue weighted by atomic mass is 35.5. The molecule has 0 bridgehead atoms. The maximum absolute atomic E-state index is 13.0. The van der Waals surface area contributed by atoms with Crippen LogP contribution in [-0.4, -0.2) is 72.3 Å². The fraction of sp³-hybridized carbons (Fsp3) is 0.250.